The highest BCUT2D eigenvalue weighted by molar-refractivity contribution is 5.80. The molecule has 3 aromatic rings. The summed E-state index contributed by atoms with van der Waals surface area (Å²) < 4.78 is 11.0. The highest BCUT2D eigenvalue weighted by atomic mass is 16.5. The second-order valence-electron chi connectivity index (χ2n) is 5.36. The van der Waals surface area contributed by atoms with Crippen LogP contribution in [0.5, 0.6) is 5.75 Å². The maximum atomic E-state index is 12.3. The molecule has 0 atom stereocenters. The van der Waals surface area contributed by atoms with Crippen molar-refractivity contribution in [3.63, 3.8) is 0 Å². The Hall–Kier alpha value is -2.75. The van der Waals surface area contributed by atoms with Crippen LogP contribution in [0.3, 0.4) is 0 Å². The lowest BCUT2D eigenvalue weighted by Crippen LogP contribution is -2.01. The molecule has 0 bridgehead atoms. The molecular weight excluding hydrogens is 278 g/mol. The normalized spacial score (nSPS) is 10.9. The summed E-state index contributed by atoms with van der Waals surface area (Å²) >= 11 is 0. The molecule has 22 heavy (non-hydrogen) atoms. The molecular formula is C18H17NO3. The largest absolute Gasteiger partial charge is 0.495 e. The van der Waals surface area contributed by atoms with Crippen molar-refractivity contribution < 1.29 is 9.15 Å². The number of rotatable bonds is 2. The Morgan fingerprint density at radius 2 is 1.77 bits per heavy atom. The van der Waals surface area contributed by atoms with Gasteiger partial charge in [0.1, 0.15) is 17.1 Å². The minimum Gasteiger partial charge on any atom is -0.495 e. The molecule has 0 saturated carbocycles. The molecule has 2 aromatic carbocycles. The van der Waals surface area contributed by atoms with E-state index in [0.717, 1.165) is 16.7 Å². The number of methoxy groups -OCH3 is 1. The number of anilines is 1. The van der Waals surface area contributed by atoms with E-state index in [0.29, 0.717) is 28.2 Å². The van der Waals surface area contributed by atoms with E-state index in [-0.39, 0.29) is 5.43 Å². The quantitative estimate of drug-likeness (QED) is 0.733. The van der Waals surface area contributed by atoms with Crippen LogP contribution in [0.15, 0.2) is 45.6 Å². The lowest BCUT2D eigenvalue weighted by atomic mass is 10.1. The number of ether oxygens (including phenoxy) is 1. The van der Waals surface area contributed by atoms with Crippen molar-refractivity contribution in [2.75, 3.05) is 12.8 Å². The average Bonchev–Trinajstić information content (AvgIpc) is 2.49. The molecule has 4 nitrogen and oxygen atoms in total. The highest BCUT2D eigenvalue weighted by Gasteiger charge is 2.10. The van der Waals surface area contributed by atoms with E-state index >= 15 is 0 Å². The summed E-state index contributed by atoms with van der Waals surface area (Å²) in [6.45, 7) is 3.97. The fraction of sp³-hybridized carbons (Fsp3) is 0.167. The standard InChI is InChI=1S/C18H17NO3/c1-10-6-13-15(20)9-17(22-18(13)7-11(10)2)12-4-5-16(21-3)14(19)8-12/h4-9H,19H2,1-3H3. The summed E-state index contributed by atoms with van der Waals surface area (Å²) in [5.74, 6) is 1.09. The number of nitrogen functional groups attached to an aromatic ring is 1. The van der Waals surface area contributed by atoms with Crippen LogP contribution < -0.4 is 15.9 Å². The van der Waals surface area contributed by atoms with Gasteiger partial charge >= 0.3 is 0 Å². The first kappa shape index (κ1) is 14.2. The molecule has 4 heteroatoms. The second kappa shape index (κ2) is 5.22. The predicted octanol–water partition coefficient (Wildman–Crippen LogP) is 3.67. The van der Waals surface area contributed by atoms with Crippen LogP contribution in [0, 0.1) is 13.8 Å². The fourth-order valence-electron chi connectivity index (χ4n) is 2.44. The number of hydrogen-bond donors (Lipinski definition) is 1. The molecule has 3 rings (SSSR count). The number of aryl methyl sites for hydroxylation is 2. The van der Waals surface area contributed by atoms with E-state index in [9.17, 15) is 4.79 Å². The summed E-state index contributed by atoms with van der Waals surface area (Å²) in [6, 6.07) is 10.6. The molecule has 0 radical (unpaired) electrons. The Morgan fingerprint density at radius 1 is 1.05 bits per heavy atom. The van der Waals surface area contributed by atoms with Crippen LogP contribution >= 0.6 is 0 Å². The fourth-order valence-corrected chi connectivity index (χ4v) is 2.44. The van der Waals surface area contributed by atoms with Gasteiger partial charge in [0.2, 0.25) is 0 Å². The molecule has 0 unspecified atom stereocenters. The van der Waals surface area contributed by atoms with E-state index in [2.05, 4.69) is 0 Å². The number of benzene rings is 2. The van der Waals surface area contributed by atoms with Crippen LogP contribution in [-0.2, 0) is 0 Å². The minimum atomic E-state index is -0.0614. The van der Waals surface area contributed by atoms with Crippen LogP contribution in [0.1, 0.15) is 11.1 Å². The molecule has 112 valence electrons. The highest BCUT2D eigenvalue weighted by Crippen LogP contribution is 2.29. The Labute approximate surface area is 128 Å². The van der Waals surface area contributed by atoms with Crippen LogP contribution in [0.25, 0.3) is 22.3 Å². The van der Waals surface area contributed by atoms with Gasteiger partial charge in [-0.1, -0.05) is 0 Å². The third-order valence-electron chi connectivity index (χ3n) is 3.86. The van der Waals surface area contributed by atoms with Crippen molar-refractivity contribution in [2.24, 2.45) is 0 Å². The van der Waals surface area contributed by atoms with Gasteiger partial charge in [0.15, 0.2) is 5.43 Å². The second-order valence-corrected chi connectivity index (χ2v) is 5.36. The summed E-state index contributed by atoms with van der Waals surface area (Å²) in [5.41, 5.74) is 9.85. The lowest BCUT2D eigenvalue weighted by Gasteiger charge is -2.08. The zero-order valence-electron chi connectivity index (χ0n) is 12.8. The molecule has 0 aliphatic carbocycles. The molecule has 0 spiro atoms. The van der Waals surface area contributed by atoms with Crippen molar-refractivity contribution in [1.82, 2.24) is 0 Å². The third kappa shape index (κ3) is 2.33. The molecule has 0 fully saturated rings. The molecule has 0 aliphatic heterocycles. The molecule has 0 saturated heterocycles. The van der Waals surface area contributed by atoms with Gasteiger partial charge in [-0.2, -0.15) is 0 Å². The Balaban J connectivity index is 2.22. The molecule has 1 heterocycles. The Bertz CT molecular complexity index is 925. The van der Waals surface area contributed by atoms with E-state index < -0.39 is 0 Å². The molecule has 0 amide bonds. The molecule has 0 aliphatic rings. The minimum absolute atomic E-state index is 0.0614. The van der Waals surface area contributed by atoms with Crippen LogP contribution in [0.4, 0.5) is 5.69 Å². The van der Waals surface area contributed by atoms with E-state index in [4.69, 9.17) is 14.9 Å². The average molecular weight is 295 g/mol. The number of nitrogens with two attached hydrogens (primary N) is 1. The summed E-state index contributed by atoms with van der Waals surface area (Å²) in [4.78, 5) is 12.3. The van der Waals surface area contributed by atoms with Crippen LogP contribution in [-0.4, -0.2) is 7.11 Å². The van der Waals surface area contributed by atoms with E-state index in [1.165, 1.54) is 6.07 Å². The maximum Gasteiger partial charge on any atom is 0.193 e. The van der Waals surface area contributed by atoms with Gasteiger partial charge in [0, 0.05) is 11.6 Å². The maximum absolute atomic E-state index is 12.3. The smallest absolute Gasteiger partial charge is 0.193 e. The topological polar surface area (TPSA) is 65.5 Å². The zero-order valence-corrected chi connectivity index (χ0v) is 12.8. The summed E-state index contributed by atoms with van der Waals surface area (Å²) in [7, 11) is 1.56. The first-order valence-electron chi connectivity index (χ1n) is 6.98. The monoisotopic (exact) mass is 295 g/mol. The first-order chi connectivity index (χ1) is 10.5. The van der Waals surface area contributed by atoms with Crippen molar-refractivity contribution >= 4 is 16.7 Å². The Morgan fingerprint density at radius 3 is 2.45 bits per heavy atom. The van der Waals surface area contributed by atoms with E-state index in [1.54, 1.807) is 19.2 Å². The van der Waals surface area contributed by atoms with Gasteiger partial charge in [-0.25, -0.2) is 0 Å². The van der Waals surface area contributed by atoms with Gasteiger partial charge < -0.3 is 14.9 Å². The SMILES string of the molecule is COc1ccc(-c2cc(=O)c3cc(C)c(C)cc3o2)cc1N. The van der Waals surface area contributed by atoms with Gasteiger partial charge in [0.25, 0.3) is 0 Å². The third-order valence-corrected chi connectivity index (χ3v) is 3.86. The van der Waals surface area contributed by atoms with Gasteiger partial charge in [0.05, 0.1) is 18.2 Å². The Kier molecular flexibility index (Phi) is 3.37. The number of hydrogen-bond acceptors (Lipinski definition) is 4. The van der Waals surface area contributed by atoms with Crippen molar-refractivity contribution in [1.29, 1.82) is 0 Å². The van der Waals surface area contributed by atoms with Crippen molar-refractivity contribution in [3.8, 4) is 17.1 Å². The molecule has 1 aromatic heterocycles. The van der Waals surface area contributed by atoms with Crippen molar-refractivity contribution in [3.05, 3.63) is 57.7 Å². The van der Waals surface area contributed by atoms with Gasteiger partial charge in [-0.05, 0) is 55.3 Å². The van der Waals surface area contributed by atoms with Crippen molar-refractivity contribution in [2.45, 2.75) is 13.8 Å². The molecule has 2 N–H and O–H groups in total. The predicted molar refractivity (Wildman–Crippen MR) is 88.4 cm³/mol. The number of fused-ring (bicyclic) bond motifs is 1. The van der Waals surface area contributed by atoms with Gasteiger partial charge in [-0.15, -0.1) is 0 Å². The zero-order chi connectivity index (χ0) is 15.9. The van der Waals surface area contributed by atoms with Crippen LogP contribution in [0.2, 0.25) is 0 Å². The van der Waals surface area contributed by atoms with Gasteiger partial charge in [-0.3, -0.25) is 4.79 Å². The van der Waals surface area contributed by atoms with E-state index in [1.807, 2.05) is 32.0 Å². The first-order valence-corrected chi connectivity index (χ1v) is 6.98. The summed E-state index contributed by atoms with van der Waals surface area (Å²) in [6.07, 6.45) is 0. The lowest BCUT2D eigenvalue weighted by molar-refractivity contribution is 0.417. The summed E-state index contributed by atoms with van der Waals surface area (Å²) in [5, 5.41) is 0.591.